The van der Waals surface area contributed by atoms with E-state index in [1.54, 1.807) is 40.1 Å². The molecule has 0 aliphatic carbocycles. The quantitative estimate of drug-likeness (QED) is 0.671. The number of urea groups is 1. The molecule has 8 heteroatoms. The number of likely N-dealkylation sites (tertiary alicyclic amines) is 1. The molecule has 2 saturated heterocycles. The monoisotopic (exact) mass is 332 g/mol. The molecule has 0 N–H and O–H groups in total. The Balaban J connectivity index is 1.54. The van der Waals surface area contributed by atoms with Crippen LogP contribution in [-0.2, 0) is 4.74 Å². The van der Waals surface area contributed by atoms with E-state index in [2.05, 4.69) is 4.98 Å². The van der Waals surface area contributed by atoms with Gasteiger partial charge in [-0.05, 0) is 12.1 Å². The minimum atomic E-state index is -0.264. The van der Waals surface area contributed by atoms with Crippen molar-refractivity contribution in [1.29, 1.82) is 0 Å². The van der Waals surface area contributed by atoms with Gasteiger partial charge in [-0.2, -0.15) is 0 Å². The highest BCUT2D eigenvalue weighted by atomic mass is 16.5. The van der Waals surface area contributed by atoms with Crippen LogP contribution in [0.1, 0.15) is 10.4 Å². The van der Waals surface area contributed by atoms with Crippen molar-refractivity contribution in [3.63, 3.8) is 0 Å². The maximum Gasteiger partial charge on any atom is 0.320 e. The van der Waals surface area contributed by atoms with Gasteiger partial charge in [0, 0.05) is 32.9 Å². The summed E-state index contributed by atoms with van der Waals surface area (Å²) in [5.41, 5.74) is 0.473. The van der Waals surface area contributed by atoms with E-state index in [0.29, 0.717) is 50.8 Å². The SMILES string of the molecule is CN1C(=O)c2cccnc2O[C@H]2CN(C(=O)N3CCOCC3)C[C@H]21. The molecule has 3 amide bonds. The first-order chi connectivity index (χ1) is 11.6. The van der Waals surface area contributed by atoms with Gasteiger partial charge in [-0.1, -0.05) is 0 Å². The molecule has 0 unspecified atom stereocenters. The lowest BCUT2D eigenvalue weighted by Crippen LogP contribution is -2.48. The van der Waals surface area contributed by atoms with Gasteiger partial charge in [0.1, 0.15) is 11.7 Å². The minimum Gasteiger partial charge on any atom is -0.470 e. The standard InChI is InChI=1S/C16H20N4O4/c1-18-12-9-20(16(22)19-5-7-23-8-6-19)10-13(12)24-14-11(15(18)21)3-2-4-17-14/h2-4,12-13H,5-10H2,1H3/t12-,13+/m1/s1. The first kappa shape index (κ1) is 15.2. The number of nitrogens with zero attached hydrogens (tertiary/aromatic N) is 4. The van der Waals surface area contributed by atoms with E-state index in [4.69, 9.17) is 9.47 Å². The third-order valence-electron chi connectivity index (χ3n) is 4.87. The average Bonchev–Trinajstić information content (AvgIpc) is 3.01. The fraction of sp³-hybridized carbons (Fsp3) is 0.562. The molecule has 2 atom stereocenters. The summed E-state index contributed by atoms with van der Waals surface area (Å²) in [5.74, 6) is 0.230. The highest BCUT2D eigenvalue weighted by Crippen LogP contribution is 2.29. The molecule has 4 rings (SSSR count). The molecule has 0 spiro atoms. The van der Waals surface area contributed by atoms with Gasteiger partial charge in [-0.15, -0.1) is 0 Å². The lowest BCUT2D eigenvalue weighted by molar-refractivity contribution is 0.0441. The summed E-state index contributed by atoms with van der Waals surface area (Å²) in [6.45, 7) is 3.26. The van der Waals surface area contributed by atoms with Crippen LogP contribution in [0.4, 0.5) is 4.79 Å². The zero-order valence-corrected chi connectivity index (χ0v) is 13.6. The van der Waals surface area contributed by atoms with Gasteiger partial charge >= 0.3 is 6.03 Å². The number of likely N-dealkylation sites (N-methyl/N-ethyl adjacent to an activating group) is 1. The second-order valence-electron chi connectivity index (χ2n) is 6.28. The van der Waals surface area contributed by atoms with E-state index in [9.17, 15) is 9.59 Å². The van der Waals surface area contributed by atoms with Crippen LogP contribution in [-0.4, -0.2) is 90.2 Å². The van der Waals surface area contributed by atoms with Crippen molar-refractivity contribution in [2.75, 3.05) is 46.4 Å². The van der Waals surface area contributed by atoms with Crippen LogP contribution in [0.25, 0.3) is 0 Å². The third kappa shape index (κ3) is 2.47. The Bertz CT molecular complexity index is 661. The second kappa shape index (κ2) is 5.94. The van der Waals surface area contributed by atoms with Crippen LogP contribution in [0.2, 0.25) is 0 Å². The van der Waals surface area contributed by atoms with Crippen molar-refractivity contribution in [2.45, 2.75) is 12.1 Å². The number of ether oxygens (including phenoxy) is 2. The predicted octanol–water partition coefficient (Wildman–Crippen LogP) is 0.0510. The summed E-state index contributed by atoms with van der Waals surface area (Å²) in [7, 11) is 1.76. The van der Waals surface area contributed by atoms with Gasteiger partial charge in [-0.25, -0.2) is 9.78 Å². The number of morpholine rings is 1. The number of rotatable bonds is 0. The summed E-state index contributed by atoms with van der Waals surface area (Å²) < 4.78 is 11.3. The Morgan fingerprint density at radius 1 is 1.25 bits per heavy atom. The zero-order chi connectivity index (χ0) is 16.7. The van der Waals surface area contributed by atoms with Crippen molar-refractivity contribution in [2.24, 2.45) is 0 Å². The number of hydrogen-bond acceptors (Lipinski definition) is 5. The maximum absolute atomic E-state index is 12.7. The van der Waals surface area contributed by atoms with Crippen LogP contribution in [0.3, 0.4) is 0 Å². The molecule has 3 aliphatic rings. The molecule has 0 bridgehead atoms. The summed E-state index contributed by atoms with van der Waals surface area (Å²) in [4.78, 5) is 34.7. The highest BCUT2D eigenvalue weighted by molar-refractivity contribution is 5.97. The number of amides is 3. The van der Waals surface area contributed by atoms with Gasteiger partial charge in [0.05, 0.1) is 25.8 Å². The molecule has 1 aromatic rings. The molecule has 0 saturated carbocycles. The van der Waals surface area contributed by atoms with Crippen molar-refractivity contribution in [1.82, 2.24) is 19.7 Å². The molecular formula is C16H20N4O4. The van der Waals surface area contributed by atoms with Gasteiger partial charge in [0.15, 0.2) is 0 Å². The summed E-state index contributed by atoms with van der Waals surface area (Å²) in [6.07, 6.45) is 1.35. The largest absolute Gasteiger partial charge is 0.470 e. The van der Waals surface area contributed by atoms with Crippen LogP contribution in [0.15, 0.2) is 18.3 Å². The molecule has 0 aromatic carbocycles. The summed E-state index contributed by atoms with van der Waals surface area (Å²) in [5, 5.41) is 0. The molecule has 8 nitrogen and oxygen atoms in total. The van der Waals surface area contributed by atoms with Gasteiger partial charge in [0.25, 0.3) is 5.91 Å². The first-order valence-electron chi connectivity index (χ1n) is 8.15. The number of fused-ring (bicyclic) bond motifs is 2. The fourth-order valence-corrected chi connectivity index (χ4v) is 3.49. The Hall–Kier alpha value is -2.35. The highest BCUT2D eigenvalue weighted by Gasteiger charge is 2.45. The fourth-order valence-electron chi connectivity index (χ4n) is 3.49. The Morgan fingerprint density at radius 3 is 2.83 bits per heavy atom. The average molecular weight is 332 g/mol. The second-order valence-corrected chi connectivity index (χ2v) is 6.28. The Labute approximate surface area is 139 Å². The number of aromatic nitrogens is 1. The van der Waals surface area contributed by atoms with Crippen molar-refractivity contribution in [3.05, 3.63) is 23.9 Å². The van der Waals surface area contributed by atoms with Crippen LogP contribution < -0.4 is 4.74 Å². The number of hydrogen-bond donors (Lipinski definition) is 0. The maximum atomic E-state index is 12.7. The predicted molar refractivity (Wildman–Crippen MR) is 83.9 cm³/mol. The molecule has 4 heterocycles. The normalized spacial score (nSPS) is 26.5. The summed E-state index contributed by atoms with van der Waals surface area (Å²) >= 11 is 0. The van der Waals surface area contributed by atoms with Crippen LogP contribution >= 0.6 is 0 Å². The van der Waals surface area contributed by atoms with Gasteiger partial charge in [-0.3, -0.25) is 4.79 Å². The van der Waals surface area contributed by atoms with Crippen molar-refractivity contribution in [3.8, 4) is 5.88 Å². The van der Waals surface area contributed by atoms with E-state index >= 15 is 0 Å². The first-order valence-corrected chi connectivity index (χ1v) is 8.15. The smallest absolute Gasteiger partial charge is 0.320 e. The van der Waals surface area contributed by atoms with Gasteiger partial charge in [0.2, 0.25) is 5.88 Å². The van der Waals surface area contributed by atoms with E-state index in [-0.39, 0.29) is 24.1 Å². The van der Waals surface area contributed by atoms with E-state index in [0.717, 1.165) is 0 Å². The Morgan fingerprint density at radius 2 is 2.04 bits per heavy atom. The van der Waals surface area contributed by atoms with Crippen LogP contribution in [0.5, 0.6) is 5.88 Å². The molecule has 128 valence electrons. The van der Waals surface area contributed by atoms with Crippen LogP contribution in [0, 0.1) is 0 Å². The minimum absolute atomic E-state index is 0.0166. The van der Waals surface area contributed by atoms with Crippen molar-refractivity contribution < 1.29 is 19.1 Å². The topological polar surface area (TPSA) is 75.2 Å². The van der Waals surface area contributed by atoms with Crippen molar-refractivity contribution >= 4 is 11.9 Å². The zero-order valence-electron chi connectivity index (χ0n) is 13.6. The van der Waals surface area contributed by atoms with Gasteiger partial charge < -0.3 is 24.2 Å². The molecule has 3 aliphatic heterocycles. The van der Waals surface area contributed by atoms with E-state index in [1.807, 2.05) is 0 Å². The molecular weight excluding hydrogens is 312 g/mol. The molecule has 0 radical (unpaired) electrons. The summed E-state index contributed by atoms with van der Waals surface area (Å²) in [6, 6.07) is 3.26. The molecule has 2 fully saturated rings. The molecule has 1 aromatic heterocycles. The Kier molecular flexibility index (Phi) is 3.76. The van der Waals surface area contributed by atoms with E-state index in [1.165, 1.54) is 0 Å². The number of pyridine rings is 1. The number of carbonyl (C=O) groups is 2. The van der Waals surface area contributed by atoms with E-state index < -0.39 is 0 Å². The number of carbonyl (C=O) groups excluding carboxylic acids is 2. The lowest BCUT2D eigenvalue weighted by atomic mass is 10.2. The lowest BCUT2D eigenvalue weighted by Gasteiger charge is -2.31. The third-order valence-corrected chi connectivity index (χ3v) is 4.87. The molecule has 24 heavy (non-hydrogen) atoms.